The highest BCUT2D eigenvalue weighted by molar-refractivity contribution is 6.02. The molecule has 1 heterocycles. The molecule has 0 saturated carbocycles. The number of hydrogen-bond acceptors (Lipinski definition) is 4. The summed E-state index contributed by atoms with van der Waals surface area (Å²) < 4.78 is 0. The van der Waals surface area contributed by atoms with Crippen molar-refractivity contribution in [1.29, 1.82) is 5.41 Å². The first kappa shape index (κ1) is 15.6. The van der Waals surface area contributed by atoms with Crippen molar-refractivity contribution in [1.82, 2.24) is 4.98 Å². The first-order valence-corrected chi connectivity index (χ1v) is 6.73. The molecule has 0 amide bonds. The van der Waals surface area contributed by atoms with Gasteiger partial charge in [-0.1, -0.05) is 13.8 Å². The molecule has 5 nitrogen and oxygen atoms in total. The van der Waals surface area contributed by atoms with E-state index in [1.807, 2.05) is 12.4 Å². The minimum atomic E-state index is 0.199. The van der Waals surface area contributed by atoms with Gasteiger partial charge in [0.2, 0.25) is 5.82 Å². The van der Waals surface area contributed by atoms with Gasteiger partial charge in [0.1, 0.15) is 5.82 Å². The van der Waals surface area contributed by atoms with Crippen LogP contribution in [-0.2, 0) is 0 Å². The summed E-state index contributed by atoms with van der Waals surface area (Å²) in [4.78, 5) is 4.54. The number of aliphatic hydroxyl groups excluding tert-OH is 1. The van der Waals surface area contributed by atoms with Crippen molar-refractivity contribution in [3.05, 3.63) is 17.2 Å². The monoisotopic (exact) mass is 265 g/mol. The summed E-state index contributed by atoms with van der Waals surface area (Å²) in [6, 6.07) is 2.05. The first-order valence-electron chi connectivity index (χ1n) is 6.73. The van der Waals surface area contributed by atoms with Gasteiger partial charge in [0.15, 0.2) is 0 Å². The number of aliphatic hydroxyl groups is 1. The van der Waals surface area contributed by atoms with Crippen molar-refractivity contribution in [2.75, 3.05) is 25.5 Å². The third-order valence-electron chi connectivity index (χ3n) is 3.02. The number of nitrogens with zero attached hydrogens (tertiary/aromatic N) is 1. The number of aromatic nitrogens is 1. The summed E-state index contributed by atoms with van der Waals surface area (Å²) in [5.74, 6) is 2.01. The van der Waals surface area contributed by atoms with Gasteiger partial charge in [-0.3, -0.25) is 5.32 Å². The molecule has 1 aromatic rings. The molecule has 1 aromatic heterocycles. The van der Waals surface area contributed by atoms with E-state index in [4.69, 9.17) is 10.5 Å². The molecule has 5 N–H and O–H groups in total. The van der Waals surface area contributed by atoms with Crippen LogP contribution in [0.1, 0.15) is 44.2 Å². The molecule has 0 aliphatic rings. The SMILES string of the molecule is CNc1nc([NH2+]CCCO)cc(C(C)C)c1C(C)=N. The lowest BCUT2D eigenvalue weighted by Crippen LogP contribution is -2.78. The molecule has 0 saturated heterocycles. The Labute approximate surface area is 115 Å². The third kappa shape index (κ3) is 4.01. The second kappa shape index (κ2) is 7.21. The van der Waals surface area contributed by atoms with Crippen LogP contribution in [0.5, 0.6) is 0 Å². The Balaban J connectivity index is 3.17. The van der Waals surface area contributed by atoms with Crippen molar-refractivity contribution < 1.29 is 10.4 Å². The van der Waals surface area contributed by atoms with Crippen molar-refractivity contribution in [3.8, 4) is 0 Å². The van der Waals surface area contributed by atoms with Crippen LogP contribution in [0.25, 0.3) is 0 Å². The van der Waals surface area contributed by atoms with Crippen LogP contribution in [0.2, 0.25) is 0 Å². The Morgan fingerprint density at radius 1 is 1.53 bits per heavy atom. The molecule has 1 rings (SSSR count). The Kier molecular flexibility index (Phi) is 5.92. The number of quaternary nitrogens is 1. The number of pyridine rings is 1. The zero-order valence-corrected chi connectivity index (χ0v) is 12.2. The molecular formula is C14H25N4O+. The lowest BCUT2D eigenvalue weighted by atomic mass is 9.95. The minimum absolute atomic E-state index is 0.199. The van der Waals surface area contributed by atoms with Gasteiger partial charge < -0.3 is 15.8 Å². The molecule has 0 fully saturated rings. The van der Waals surface area contributed by atoms with Gasteiger partial charge in [0.05, 0.1) is 6.54 Å². The maximum Gasteiger partial charge on any atom is 0.226 e. The summed E-state index contributed by atoms with van der Waals surface area (Å²) in [6.07, 6.45) is 0.749. The van der Waals surface area contributed by atoms with Crippen molar-refractivity contribution in [3.63, 3.8) is 0 Å². The zero-order chi connectivity index (χ0) is 14.4. The van der Waals surface area contributed by atoms with Gasteiger partial charge in [0.25, 0.3) is 0 Å². The largest absolute Gasteiger partial charge is 0.396 e. The minimum Gasteiger partial charge on any atom is -0.396 e. The fourth-order valence-electron chi connectivity index (χ4n) is 2.06. The van der Waals surface area contributed by atoms with Gasteiger partial charge in [0, 0.05) is 37.4 Å². The molecular weight excluding hydrogens is 240 g/mol. The van der Waals surface area contributed by atoms with Gasteiger partial charge >= 0.3 is 0 Å². The molecule has 0 aliphatic carbocycles. The van der Waals surface area contributed by atoms with Crippen LogP contribution in [0.3, 0.4) is 0 Å². The number of hydrogen-bond donors (Lipinski definition) is 4. The maximum atomic E-state index is 8.82. The molecule has 0 radical (unpaired) electrons. The van der Waals surface area contributed by atoms with E-state index in [2.05, 4.69) is 30.2 Å². The van der Waals surface area contributed by atoms with Crippen molar-refractivity contribution in [2.24, 2.45) is 0 Å². The predicted molar refractivity (Wildman–Crippen MR) is 78.5 cm³/mol. The summed E-state index contributed by atoms with van der Waals surface area (Å²) >= 11 is 0. The third-order valence-corrected chi connectivity index (χ3v) is 3.02. The number of anilines is 1. The van der Waals surface area contributed by atoms with Crippen molar-refractivity contribution in [2.45, 2.75) is 33.1 Å². The first-order chi connectivity index (χ1) is 9.01. The highest BCUT2D eigenvalue weighted by atomic mass is 16.3. The molecule has 19 heavy (non-hydrogen) atoms. The summed E-state index contributed by atoms with van der Waals surface area (Å²) in [6.45, 7) is 7.05. The Bertz CT molecular complexity index is 443. The Morgan fingerprint density at radius 3 is 2.68 bits per heavy atom. The van der Waals surface area contributed by atoms with E-state index in [0.717, 1.165) is 35.7 Å². The van der Waals surface area contributed by atoms with Crippen LogP contribution < -0.4 is 10.6 Å². The van der Waals surface area contributed by atoms with Gasteiger partial charge in [-0.05, 0) is 18.4 Å². The van der Waals surface area contributed by atoms with Crippen LogP contribution >= 0.6 is 0 Å². The molecule has 0 bridgehead atoms. The van der Waals surface area contributed by atoms with Gasteiger partial charge in [-0.25, -0.2) is 0 Å². The Hall–Kier alpha value is -1.46. The highest BCUT2D eigenvalue weighted by Crippen LogP contribution is 2.26. The number of nitrogens with one attached hydrogen (secondary N) is 2. The molecule has 0 aromatic carbocycles. The average molecular weight is 265 g/mol. The second-order valence-electron chi connectivity index (χ2n) is 4.96. The van der Waals surface area contributed by atoms with Crippen molar-refractivity contribution >= 4 is 17.3 Å². The van der Waals surface area contributed by atoms with E-state index in [-0.39, 0.29) is 6.61 Å². The highest BCUT2D eigenvalue weighted by Gasteiger charge is 2.17. The maximum absolute atomic E-state index is 8.82. The summed E-state index contributed by atoms with van der Waals surface area (Å²) in [7, 11) is 1.83. The smallest absolute Gasteiger partial charge is 0.226 e. The predicted octanol–water partition coefficient (Wildman–Crippen LogP) is 1.21. The lowest BCUT2D eigenvalue weighted by Gasteiger charge is -2.16. The summed E-state index contributed by atoms with van der Waals surface area (Å²) in [5.41, 5.74) is 2.57. The second-order valence-corrected chi connectivity index (χ2v) is 4.96. The molecule has 106 valence electrons. The van der Waals surface area contributed by atoms with Crippen LogP contribution in [-0.4, -0.2) is 36.0 Å². The molecule has 0 aliphatic heterocycles. The van der Waals surface area contributed by atoms with Gasteiger partial charge in [-0.2, -0.15) is 4.98 Å². The van der Waals surface area contributed by atoms with Crippen LogP contribution in [0, 0.1) is 5.41 Å². The Morgan fingerprint density at radius 2 is 2.21 bits per heavy atom. The lowest BCUT2D eigenvalue weighted by molar-refractivity contribution is -0.575. The van der Waals surface area contributed by atoms with Crippen LogP contribution in [0.4, 0.5) is 11.6 Å². The van der Waals surface area contributed by atoms with Gasteiger partial charge in [-0.15, -0.1) is 0 Å². The average Bonchev–Trinajstić information content (AvgIpc) is 2.37. The fourth-order valence-corrected chi connectivity index (χ4v) is 2.06. The van der Waals surface area contributed by atoms with E-state index in [1.54, 1.807) is 6.92 Å². The molecule has 0 atom stereocenters. The van der Waals surface area contributed by atoms with E-state index >= 15 is 0 Å². The topological polar surface area (TPSA) is 85.6 Å². The quantitative estimate of drug-likeness (QED) is 0.441. The normalized spacial score (nSPS) is 10.8. The van der Waals surface area contributed by atoms with Crippen LogP contribution in [0.15, 0.2) is 6.07 Å². The molecule has 0 spiro atoms. The fraction of sp³-hybridized carbons (Fsp3) is 0.571. The summed E-state index contributed by atoms with van der Waals surface area (Å²) in [5, 5.41) is 21.9. The number of nitrogens with two attached hydrogens (primary N) is 1. The molecule has 5 heteroatoms. The van der Waals surface area contributed by atoms with E-state index in [1.165, 1.54) is 0 Å². The molecule has 0 unspecified atom stereocenters. The van der Waals surface area contributed by atoms with E-state index in [9.17, 15) is 0 Å². The number of rotatable bonds is 7. The standard InChI is InChI=1S/C14H24N4O/c1-9(2)11-8-12(17-6-5-7-19)18-14(16-4)13(11)10(3)15/h8-9,15,19H,5-7H2,1-4H3,(H2,16,17,18)/p+1. The zero-order valence-electron chi connectivity index (χ0n) is 12.2. The van der Waals surface area contributed by atoms with E-state index in [0.29, 0.717) is 11.6 Å². The van der Waals surface area contributed by atoms with E-state index < -0.39 is 0 Å².